The number of carbonyl (C=O) groups is 1. The second-order valence-electron chi connectivity index (χ2n) is 6.93. The minimum Gasteiger partial charge on any atom is -0.336 e. The van der Waals surface area contributed by atoms with E-state index < -0.39 is 0 Å². The van der Waals surface area contributed by atoms with E-state index in [2.05, 4.69) is 16.9 Å². The summed E-state index contributed by atoms with van der Waals surface area (Å²) in [6, 6.07) is 11.3. The maximum Gasteiger partial charge on any atom is 0.254 e. The van der Waals surface area contributed by atoms with Gasteiger partial charge in [0.25, 0.3) is 5.91 Å². The number of hydrogen-bond donors (Lipinski definition) is 0. The Bertz CT molecular complexity index is 998. The van der Waals surface area contributed by atoms with Crippen molar-refractivity contribution in [3.05, 3.63) is 58.7 Å². The Balaban J connectivity index is 1.87. The van der Waals surface area contributed by atoms with Crippen LogP contribution < -0.4 is 0 Å². The van der Waals surface area contributed by atoms with Crippen molar-refractivity contribution in [2.45, 2.75) is 6.92 Å². The molecule has 0 unspecified atom stereocenters. The van der Waals surface area contributed by atoms with Crippen molar-refractivity contribution in [1.29, 1.82) is 0 Å². The highest BCUT2D eigenvalue weighted by atomic mass is 35.5. The van der Waals surface area contributed by atoms with E-state index in [-0.39, 0.29) is 5.91 Å². The Morgan fingerprint density at radius 3 is 2.56 bits per heavy atom. The number of rotatable bonds is 2. The first-order valence-corrected chi connectivity index (χ1v) is 9.41. The summed E-state index contributed by atoms with van der Waals surface area (Å²) >= 11 is 6.33. The van der Waals surface area contributed by atoms with Gasteiger partial charge < -0.3 is 9.80 Å². The Labute approximate surface area is 163 Å². The predicted octanol–water partition coefficient (Wildman–Crippen LogP) is 3.65. The molecule has 0 atom stereocenters. The Kier molecular flexibility index (Phi) is 4.81. The molecule has 0 N–H and O–H groups in total. The highest BCUT2D eigenvalue weighted by molar-refractivity contribution is 6.32. The summed E-state index contributed by atoms with van der Waals surface area (Å²) in [6.45, 7) is 5.15. The zero-order chi connectivity index (χ0) is 19.0. The molecule has 1 aliphatic rings. The molecule has 0 radical (unpaired) electrons. The van der Waals surface area contributed by atoms with E-state index in [0.717, 1.165) is 48.3 Å². The first kappa shape index (κ1) is 17.9. The van der Waals surface area contributed by atoms with Crippen LogP contribution in [0.3, 0.4) is 0 Å². The van der Waals surface area contributed by atoms with Crippen LogP contribution in [0.5, 0.6) is 0 Å². The molecule has 27 heavy (non-hydrogen) atoms. The number of benzene rings is 1. The van der Waals surface area contributed by atoms with E-state index in [4.69, 9.17) is 16.6 Å². The van der Waals surface area contributed by atoms with Crippen molar-refractivity contribution in [3.63, 3.8) is 0 Å². The van der Waals surface area contributed by atoms with E-state index in [1.54, 1.807) is 6.20 Å². The fourth-order valence-electron chi connectivity index (χ4n) is 3.41. The normalized spacial score (nSPS) is 15.3. The zero-order valence-corrected chi connectivity index (χ0v) is 16.2. The van der Waals surface area contributed by atoms with Gasteiger partial charge in [-0.1, -0.05) is 23.7 Å². The van der Waals surface area contributed by atoms with Gasteiger partial charge in [0.1, 0.15) is 0 Å². The molecular weight excluding hydrogens is 360 g/mol. The van der Waals surface area contributed by atoms with Crippen LogP contribution in [0.2, 0.25) is 5.02 Å². The van der Waals surface area contributed by atoms with Crippen LogP contribution in [0.15, 0.2) is 42.6 Å². The average molecular weight is 381 g/mol. The summed E-state index contributed by atoms with van der Waals surface area (Å²) in [4.78, 5) is 26.7. The lowest BCUT2D eigenvalue weighted by Gasteiger charge is -2.32. The van der Waals surface area contributed by atoms with Crippen molar-refractivity contribution in [2.24, 2.45) is 0 Å². The number of piperazine rings is 1. The number of fused-ring (bicyclic) bond motifs is 1. The highest BCUT2D eigenvalue weighted by Gasteiger charge is 2.24. The van der Waals surface area contributed by atoms with Crippen LogP contribution in [0.25, 0.3) is 22.3 Å². The van der Waals surface area contributed by atoms with Crippen LogP contribution >= 0.6 is 11.6 Å². The molecular formula is C21H21ClN4O. The molecule has 3 aromatic rings. The molecule has 0 aliphatic carbocycles. The standard InChI is InChI=1S/C21H21ClN4O/c1-14-17(22)7-6-15-16(21(27)26-11-9-25(2)10-12-26)13-19(24-20(14)15)18-5-3-4-8-23-18/h3-8,13H,9-12H2,1-2H3. The van der Waals surface area contributed by atoms with Crippen molar-refractivity contribution >= 4 is 28.4 Å². The zero-order valence-electron chi connectivity index (χ0n) is 15.4. The summed E-state index contributed by atoms with van der Waals surface area (Å²) in [6.07, 6.45) is 1.73. The molecule has 1 fully saturated rings. The van der Waals surface area contributed by atoms with E-state index in [9.17, 15) is 4.79 Å². The van der Waals surface area contributed by atoms with Gasteiger partial charge in [0, 0.05) is 42.8 Å². The van der Waals surface area contributed by atoms with Gasteiger partial charge in [0.05, 0.1) is 22.5 Å². The number of aromatic nitrogens is 2. The summed E-state index contributed by atoms with van der Waals surface area (Å²) in [5.74, 6) is 0.0365. The number of halogens is 1. The summed E-state index contributed by atoms with van der Waals surface area (Å²) < 4.78 is 0. The Morgan fingerprint density at radius 2 is 1.85 bits per heavy atom. The average Bonchev–Trinajstić information content (AvgIpc) is 2.71. The fourth-order valence-corrected chi connectivity index (χ4v) is 3.56. The number of pyridine rings is 2. The molecule has 1 aliphatic heterocycles. The molecule has 2 aromatic heterocycles. The molecule has 5 nitrogen and oxygen atoms in total. The van der Waals surface area contributed by atoms with Crippen LogP contribution in [0, 0.1) is 6.92 Å². The monoisotopic (exact) mass is 380 g/mol. The lowest BCUT2D eigenvalue weighted by molar-refractivity contribution is 0.0666. The molecule has 6 heteroatoms. The molecule has 0 bridgehead atoms. The summed E-state index contributed by atoms with van der Waals surface area (Å²) in [5.41, 5.74) is 3.71. The van der Waals surface area contributed by atoms with Gasteiger partial charge >= 0.3 is 0 Å². The minimum absolute atomic E-state index is 0.0365. The Hall–Kier alpha value is -2.50. The molecule has 138 valence electrons. The maximum absolute atomic E-state index is 13.3. The van der Waals surface area contributed by atoms with Crippen molar-refractivity contribution in [3.8, 4) is 11.4 Å². The molecule has 0 saturated carbocycles. The number of amides is 1. The third-order valence-electron chi connectivity index (χ3n) is 5.12. The molecule has 1 aromatic carbocycles. The quantitative estimate of drug-likeness (QED) is 0.681. The maximum atomic E-state index is 13.3. The fraction of sp³-hybridized carbons (Fsp3) is 0.286. The lowest BCUT2D eigenvalue weighted by Crippen LogP contribution is -2.47. The summed E-state index contributed by atoms with van der Waals surface area (Å²) in [7, 11) is 2.08. The van der Waals surface area contributed by atoms with E-state index in [1.165, 1.54) is 0 Å². The van der Waals surface area contributed by atoms with Gasteiger partial charge in [-0.25, -0.2) is 4.98 Å². The smallest absolute Gasteiger partial charge is 0.254 e. The highest BCUT2D eigenvalue weighted by Crippen LogP contribution is 2.30. The van der Waals surface area contributed by atoms with Gasteiger partial charge in [-0.05, 0) is 43.8 Å². The third-order valence-corrected chi connectivity index (χ3v) is 5.53. The minimum atomic E-state index is 0.0365. The first-order chi connectivity index (χ1) is 13.0. The van der Waals surface area contributed by atoms with Gasteiger partial charge in [-0.2, -0.15) is 0 Å². The van der Waals surface area contributed by atoms with Gasteiger partial charge in [-0.3, -0.25) is 9.78 Å². The predicted molar refractivity (Wildman–Crippen MR) is 108 cm³/mol. The number of likely N-dealkylation sites (N-methyl/N-ethyl adjacent to an activating group) is 1. The van der Waals surface area contributed by atoms with Crippen molar-refractivity contribution < 1.29 is 4.79 Å². The molecule has 1 saturated heterocycles. The SMILES string of the molecule is Cc1c(Cl)ccc2c(C(=O)N3CCN(C)CC3)cc(-c3ccccn3)nc12. The van der Waals surface area contributed by atoms with Crippen LogP contribution in [-0.4, -0.2) is 58.9 Å². The van der Waals surface area contributed by atoms with Crippen LogP contribution in [0.1, 0.15) is 15.9 Å². The van der Waals surface area contributed by atoms with Crippen LogP contribution in [0.4, 0.5) is 0 Å². The molecule has 1 amide bonds. The second kappa shape index (κ2) is 7.25. The third kappa shape index (κ3) is 3.40. The van der Waals surface area contributed by atoms with Gasteiger partial charge in [0.2, 0.25) is 0 Å². The summed E-state index contributed by atoms with van der Waals surface area (Å²) in [5, 5.41) is 1.48. The van der Waals surface area contributed by atoms with Crippen molar-refractivity contribution in [2.75, 3.05) is 33.2 Å². The second-order valence-corrected chi connectivity index (χ2v) is 7.34. The lowest BCUT2D eigenvalue weighted by atomic mass is 10.0. The number of hydrogen-bond acceptors (Lipinski definition) is 4. The Morgan fingerprint density at radius 1 is 1.07 bits per heavy atom. The number of nitrogens with zero attached hydrogens (tertiary/aromatic N) is 4. The number of carbonyl (C=O) groups excluding carboxylic acids is 1. The van der Waals surface area contributed by atoms with Crippen LogP contribution in [-0.2, 0) is 0 Å². The number of aryl methyl sites for hydroxylation is 1. The van der Waals surface area contributed by atoms with Gasteiger partial charge in [-0.15, -0.1) is 0 Å². The van der Waals surface area contributed by atoms with E-state index in [0.29, 0.717) is 16.3 Å². The molecule has 3 heterocycles. The van der Waals surface area contributed by atoms with E-state index in [1.807, 2.05) is 48.2 Å². The largest absolute Gasteiger partial charge is 0.336 e. The van der Waals surface area contributed by atoms with Gasteiger partial charge in [0.15, 0.2) is 0 Å². The topological polar surface area (TPSA) is 49.3 Å². The van der Waals surface area contributed by atoms with Crippen molar-refractivity contribution in [1.82, 2.24) is 19.8 Å². The molecule has 0 spiro atoms. The molecule has 4 rings (SSSR count). The van der Waals surface area contributed by atoms with E-state index >= 15 is 0 Å². The first-order valence-electron chi connectivity index (χ1n) is 9.03.